The Hall–Kier alpha value is -4.70. The molecule has 0 fully saturated rings. The lowest BCUT2D eigenvalue weighted by Crippen LogP contribution is -2.16. The van der Waals surface area contributed by atoms with Crippen molar-refractivity contribution < 1.29 is 28.5 Å². The fourth-order valence-electron chi connectivity index (χ4n) is 4.98. The first-order valence-electron chi connectivity index (χ1n) is 12.1. The topological polar surface area (TPSA) is 127 Å². The van der Waals surface area contributed by atoms with Crippen LogP contribution in [0.25, 0.3) is 16.9 Å². The summed E-state index contributed by atoms with van der Waals surface area (Å²) < 4.78 is 23.3. The fraction of sp³-hybridized carbons (Fsp3) is 0.179. The van der Waals surface area contributed by atoms with E-state index in [-0.39, 0.29) is 28.8 Å². The van der Waals surface area contributed by atoms with Crippen LogP contribution in [0.5, 0.6) is 23.0 Å². The first kappa shape index (κ1) is 24.6. The van der Waals surface area contributed by atoms with Gasteiger partial charge >= 0.3 is 0 Å². The Labute approximate surface area is 228 Å². The van der Waals surface area contributed by atoms with Gasteiger partial charge in [0.05, 0.1) is 36.2 Å². The van der Waals surface area contributed by atoms with Gasteiger partial charge in [0.1, 0.15) is 0 Å². The molecule has 1 aliphatic heterocycles. The summed E-state index contributed by atoms with van der Waals surface area (Å²) in [4.78, 5) is 25.5. The lowest BCUT2D eigenvalue weighted by Gasteiger charge is -2.20. The number of halogens is 1. The minimum Gasteiger partial charge on any atom is -0.493 e. The first-order chi connectivity index (χ1) is 18.9. The molecular formula is C28H23ClN4O6. The van der Waals surface area contributed by atoms with E-state index < -0.39 is 11.8 Å². The molecule has 0 spiro atoms. The van der Waals surface area contributed by atoms with Crippen molar-refractivity contribution in [2.24, 2.45) is 5.73 Å². The standard InChI is InChI=1S/C28H23ClN4O6/c1-36-21-10-8-17(23(29)26(21)37-2)28(35)31-15-5-3-14-4-7-18-24(27(30)34)32-33(25(18)19(14)11-15)16-6-9-20-22(12-16)39-13-38-20/h3,5-6,8-12H,4,7,13H2,1-2H3,(H2,30,34)(H,31,35). The summed E-state index contributed by atoms with van der Waals surface area (Å²) in [6, 6.07) is 14.3. The van der Waals surface area contributed by atoms with Gasteiger partial charge in [-0.3, -0.25) is 9.59 Å². The second-order valence-electron chi connectivity index (χ2n) is 8.98. The number of nitrogens with two attached hydrogens (primary N) is 1. The van der Waals surface area contributed by atoms with Gasteiger partial charge in [0, 0.05) is 22.9 Å². The molecule has 4 aromatic rings. The van der Waals surface area contributed by atoms with Gasteiger partial charge in [0.2, 0.25) is 6.79 Å². The maximum absolute atomic E-state index is 13.2. The molecule has 6 rings (SSSR count). The third kappa shape index (κ3) is 4.09. The molecule has 198 valence electrons. The lowest BCUT2D eigenvalue weighted by molar-refractivity contribution is 0.0992. The van der Waals surface area contributed by atoms with Gasteiger partial charge in [-0.25, -0.2) is 4.68 Å². The van der Waals surface area contributed by atoms with Crippen molar-refractivity contribution in [3.63, 3.8) is 0 Å². The van der Waals surface area contributed by atoms with Gasteiger partial charge in [0.15, 0.2) is 28.7 Å². The third-order valence-electron chi connectivity index (χ3n) is 6.81. The maximum Gasteiger partial charge on any atom is 0.269 e. The number of primary amides is 1. The monoisotopic (exact) mass is 546 g/mol. The summed E-state index contributed by atoms with van der Waals surface area (Å²) in [7, 11) is 2.95. The van der Waals surface area contributed by atoms with E-state index in [9.17, 15) is 9.59 Å². The van der Waals surface area contributed by atoms with E-state index in [1.807, 2.05) is 24.3 Å². The van der Waals surface area contributed by atoms with Gasteiger partial charge in [-0.1, -0.05) is 17.7 Å². The number of aromatic nitrogens is 2. The van der Waals surface area contributed by atoms with Crippen molar-refractivity contribution in [2.45, 2.75) is 12.8 Å². The normalized spacial score (nSPS) is 12.9. The second kappa shape index (κ2) is 9.55. The van der Waals surface area contributed by atoms with E-state index >= 15 is 0 Å². The lowest BCUT2D eigenvalue weighted by atomic mass is 9.88. The Kier molecular flexibility index (Phi) is 6.03. The van der Waals surface area contributed by atoms with E-state index in [0.29, 0.717) is 41.5 Å². The molecule has 10 nitrogen and oxygen atoms in total. The highest BCUT2D eigenvalue weighted by molar-refractivity contribution is 6.36. The number of amides is 2. The molecule has 2 aliphatic rings. The van der Waals surface area contributed by atoms with E-state index in [2.05, 4.69) is 10.4 Å². The average Bonchev–Trinajstić information content (AvgIpc) is 3.57. The van der Waals surface area contributed by atoms with Crippen molar-refractivity contribution in [3.05, 3.63) is 75.9 Å². The number of anilines is 1. The predicted molar refractivity (Wildman–Crippen MR) is 144 cm³/mol. The smallest absolute Gasteiger partial charge is 0.269 e. The molecule has 1 aromatic heterocycles. The largest absolute Gasteiger partial charge is 0.493 e. The van der Waals surface area contributed by atoms with Crippen LogP contribution in [0.4, 0.5) is 5.69 Å². The number of hydrogen-bond acceptors (Lipinski definition) is 7. The minimum absolute atomic E-state index is 0.137. The quantitative estimate of drug-likeness (QED) is 0.367. The zero-order valence-corrected chi connectivity index (χ0v) is 21.8. The number of methoxy groups -OCH3 is 2. The van der Waals surface area contributed by atoms with E-state index in [1.165, 1.54) is 14.2 Å². The number of nitrogens with zero attached hydrogens (tertiary/aromatic N) is 2. The van der Waals surface area contributed by atoms with Crippen LogP contribution in [0.1, 0.15) is 32.0 Å². The summed E-state index contributed by atoms with van der Waals surface area (Å²) in [5.74, 6) is 0.882. The van der Waals surface area contributed by atoms with Crippen LogP contribution in [-0.2, 0) is 12.8 Å². The zero-order valence-electron chi connectivity index (χ0n) is 21.0. The number of aryl methyl sites for hydroxylation is 1. The Balaban J connectivity index is 1.41. The molecule has 0 saturated heterocycles. The summed E-state index contributed by atoms with van der Waals surface area (Å²) >= 11 is 6.46. The van der Waals surface area contributed by atoms with Crippen LogP contribution in [0.3, 0.4) is 0 Å². The van der Waals surface area contributed by atoms with E-state index in [4.69, 9.17) is 36.3 Å². The van der Waals surface area contributed by atoms with Crippen LogP contribution >= 0.6 is 11.6 Å². The molecule has 0 unspecified atom stereocenters. The first-order valence-corrected chi connectivity index (χ1v) is 12.4. The Morgan fingerprint density at radius 3 is 2.62 bits per heavy atom. The van der Waals surface area contributed by atoms with Crippen LogP contribution in [0.15, 0.2) is 48.5 Å². The molecule has 39 heavy (non-hydrogen) atoms. The minimum atomic E-state index is -0.609. The Morgan fingerprint density at radius 2 is 1.85 bits per heavy atom. The highest BCUT2D eigenvalue weighted by Gasteiger charge is 2.29. The molecular weight excluding hydrogens is 524 g/mol. The number of carbonyl (C=O) groups excluding carboxylic acids is 2. The Bertz CT molecular complexity index is 1660. The SMILES string of the molecule is COc1ccc(C(=O)Nc2ccc3c(c2)-c2c(c(C(N)=O)nn2-c2ccc4c(c2)OCO4)CC3)c(Cl)c1OC. The molecule has 1 aliphatic carbocycles. The number of fused-ring (bicyclic) bond motifs is 4. The molecule has 0 saturated carbocycles. The molecule has 0 radical (unpaired) electrons. The third-order valence-corrected chi connectivity index (χ3v) is 7.19. The summed E-state index contributed by atoms with van der Waals surface area (Å²) in [5, 5.41) is 7.64. The van der Waals surface area contributed by atoms with Crippen molar-refractivity contribution in [1.29, 1.82) is 0 Å². The number of benzene rings is 3. The van der Waals surface area contributed by atoms with Gasteiger partial charge in [-0.2, -0.15) is 5.10 Å². The van der Waals surface area contributed by atoms with Gasteiger partial charge in [-0.15, -0.1) is 0 Å². The van der Waals surface area contributed by atoms with E-state index in [1.54, 1.807) is 28.9 Å². The number of rotatable bonds is 6. The van der Waals surface area contributed by atoms with E-state index in [0.717, 1.165) is 22.4 Å². The molecule has 0 bridgehead atoms. The highest BCUT2D eigenvalue weighted by Crippen LogP contribution is 2.41. The Morgan fingerprint density at radius 1 is 1.03 bits per heavy atom. The maximum atomic E-state index is 13.2. The predicted octanol–water partition coefficient (Wildman–Crippen LogP) is 4.39. The number of ether oxygens (including phenoxy) is 4. The van der Waals surface area contributed by atoms with Crippen LogP contribution in [0.2, 0.25) is 5.02 Å². The van der Waals surface area contributed by atoms with Crippen LogP contribution in [0, 0.1) is 0 Å². The van der Waals surface area contributed by atoms with Gasteiger partial charge in [0.25, 0.3) is 11.8 Å². The van der Waals surface area contributed by atoms with Crippen LogP contribution < -0.4 is 30.0 Å². The highest BCUT2D eigenvalue weighted by atomic mass is 35.5. The summed E-state index contributed by atoms with van der Waals surface area (Å²) in [6.45, 7) is 0.137. The number of hydrogen-bond donors (Lipinski definition) is 2. The van der Waals surface area contributed by atoms with Gasteiger partial charge in [-0.05, 0) is 54.8 Å². The molecule has 0 atom stereocenters. The summed E-state index contributed by atoms with van der Waals surface area (Å²) in [5.41, 5.74) is 10.7. The average molecular weight is 547 g/mol. The molecule has 11 heteroatoms. The van der Waals surface area contributed by atoms with Crippen LogP contribution in [-0.4, -0.2) is 42.6 Å². The second-order valence-corrected chi connectivity index (χ2v) is 9.36. The van der Waals surface area contributed by atoms with Crippen molar-refractivity contribution >= 4 is 29.1 Å². The summed E-state index contributed by atoms with van der Waals surface area (Å²) in [6.07, 6.45) is 1.28. The fourth-order valence-corrected chi connectivity index (χ4v) is 5.30. The molecule has 3 aromatic carbocycles. The number of carbonyl (C=O) groups is 2. The van der Waals surface area contributed by atoms with Crippen molar-refractivity contribution in [1.82, 2.24) is 9.78 Å². The molecule has 2 heterocycles. The molecule has 3 N–H and O–H groups in total. The molecule has 2 amide bonds. The van der Waals surface area contributed by atoms with Crippen molar-refractivity contribution in [2.75, 3.05) is 26.3 Å². The van der Waals surface area contributed by atoms with Gasteiger partial charge < -0.3 is 30.0 Å². The van der Waals surface area contributed by atoms with Crippen molar-refractivity contribution in [3.8, 4) is 39.9 Å². The zero-order chi connectivity index (χ0) is 27.3. The number of nitrogens with one attached hydrogen (secondary N) is 1.